The van der Waals surface area contributed by atoms with Gasteiger partial charge < -0.3 is 19.9 Å². The predicted octanol–water partition coefficient (Wildman–Crippen LogP) is 2.37. The minimum atomic E-state index is -0.0918. The van der Waals surface area contributed by atoms with E-state index in [0.29, 0.717) is 12.1 Å². The minimum absolute atomic E-state index is 0.0918. The number of aromatic nitrogens is 2. The Morgan fingerprint density at radius 1 is 1.19 bits per heavy atom. The smallest absolute Gasteiger partial charge is 0.252 e. The standard InChI is InChI=1S/C20H22N4O2/c25-20(16-5-6-19(23-14-16)24-9-11-26-12-10-24)21-8-7-15-13-22-18-4-2-1-3-17(15)18/h1-6,13-14,22H,7-12H2,(H,21,25). The van der Waals surface area contributed by atoms with Crippen LogP contribution in [0.5, 0.6) is 0 Å². The van der Waals surface area contributed by atoms with E-state index in [1.54, 1.807) is 6.20 Å². The maximum Gasteiger partial charge on any atom is 0.252 e. The molecule has 1 aliphatic rings. The normalized spacial score (nSPS) is 14.5. The number of carbonyl (C=O) groups is 1. The van der Waals surface area contributed by atoms with Gasteiger partial charge in [-0.2, -0.15) is 0 Å². The Balaban J connectivity index is 1.33. The molecule has 0 unspecified atom stereocenters. The number of nitrogens with zero attached hydrogens (tertiary/aromatic N) is 2. The Hall–Kier alpha value is -2.86. The number of pyridine rings is 1. The Bertz CT molecular complexity index is 882. The first-order chi connectivity index (χ1) is 12.8. The maximum absolute atomic E-state index is 12.3. The fourth-order valence-corrected chi connectivity index (χ4v) is 3.25. The van der Waals surface area contributed by atoms with Crippen molar-refractivity contribution in [3.05, 3.63) is 59.9 Å². The van der Waals surface area contributed by atoms with Crippen molar-refractivity contribution < 1.29 is 9.53 Å². The number of hydrogen-bond acceptors (Lipinski definition) is 4. The second-order valence-electron chi connectivity index (χ2n) is 6.37. The number of fused-ring (bicyclic) bond motifs is 1. The third-order valence-corrected chi connectivity index (χ3v) is 4.70. The van der Waals surface area contributed by atoms with Crippen molar-refractivity contribution in [2.45, 2.75) is 6.42 Å². The van der Waals surface area contributed by atoms with Gasteiger partial charge in [-0.1, -0.05) is 18.2 Å². The molecule has 3 aromatic rings. The van der Waals surface area contributed by atoms with Crippen LogP contribution in [0.4, 0.5) is 5.82 Å². The van der Waals surface area contributed by atoms with E-state index >= 15 is 0 Å². The number of nitrogens with one attached hydrogen (secondary N) is 2. The van der Waals surface area contributed by atoms with Crippen LogP contribution in [0.2, 0.25) is 0 Å². The molecule has 6 heteroatoms. The zero-order chi connectivity index (χ0) is 17.8. The molecule has 3 heterocycles. The van der Waals surface area contributed by atoms with E-state index in [0.717, 1.165) is 44.1 Å². The molecule has 134 valence electrons. The molecule has 0 spiro atoms. The van der Waals surface area contributed by atoms with Gasteiger partial charge in [0.15, 0.2) is 0 Å². The summed E-state index contributed by atoms with van der Waals surface area (Å²) in [6.45, 7) is 3.70. The summed E-state index contributed by atoms with van der Waals surface area (Å²) in [6.07, 6.45) is 4.44. The number of hydrogen-bond donors (Lipinski definition) is 2. The second-order valence-corrected chi connectivity index (χ2v) is 6.37. The van der Waals surface area contributed by atoms with E-state index in [1.165, 1.54) is 10.9 Å². The average Bonchev–Trinajstić information content (AvgIpc) is 3.12. The Morgan fingerprint density at radius 2 is 2.04 bits per heavy atom. The summed E-state index contributed by atoms with van der Waals surface area (Å²) in [5.74, 6) is 0.800. The number of morpholine rings is 1. The van der Waals surface area contributed by atoms with Crippen LogP contribution in [0.1, 0.15) is 15.9 Å². The maximum atomic E-state index is 12.3. The molecule has 1 aromatic carbocycles. The Labute approximate surface area is 152 Å². The molecule has 0 atom stereocenters. The first-order valence-corrected chi connectivity index (χ1v) is 8.93. The van der Waals surface area contributed by atoms with E-state index in [-0.39, 0.29) is 5.91 Å². The molecule has 2 aromatic heterocycles. The molecular formula is C20H22N4O2. The van der Waals surface area contributed by atoms with Crippen LogP contribution in [0.15, 0.2) is 48.8 Å². The topological polar surface area (TPSA) is 70.2 Å². The molecule has 0 saturated carbocycles. The van der Waals surface area contributed by atoms with Crippen LogP contribution in [-0.4, -0.2) is 48.7 Å². The fourth-order valence-electron chi connectivity index (χ4n) is 3.25. The first kappa shape index (κ1) is 16.6. The number of amides is 1. The molecule has 6 nitrogen and oxygen atoms in total. The van der Waals surface area contributed by atoms with Gasteiger partial charge in [-0.05, 0) is 30.2 Å². The van der Waals surface area contributed by atoms with Gasteiger partial charge >= 0.3 is 0 Å². The lowest BCUT2D eigenvalue weighted by atomic mass is 10.1. The van der Waals surface area contributed by atoms with Gasteiger partial charge in [-0.15, -0.1) is 0 Å². The van der Waals surface area contributed by atoms with E-state index in [4.69, 9.17) is 4.74 Å². The van der Waals surface area contributed by atoms with Gasteiger partial charge in [0.2, 0.25) is 0 Å². The molecule has 26 heavy (non-hydrogen) atoms. The van der Waals surface area contributed by atoms with E-state index in [2.05, 4.69) is 32.3 Å². The number of ether oxygens (including phenoxy) is 1. The van der Waals surface area contributed by atoms with E-state index in [1.807, 2.05) is 30.5 Å². The number of anilines is 1. The van der Waals surface area contributed by atoms with Crippen molar-refractivity contribution in [2.75, 3.05) is 37.7 Å². The molecule has 0 bridgehead atoms. The zero-order valence-electron chi connectivity index (χ0n) is 14.6. The molecule has 1 fully saturated rings. The van der Waals surface area contributed by atoms with Crippen LogP contribution >= 0.6 is 0 Å². The summed E-state index contributed by atoms with van der Waals surface area (Å²) in [6, 6.07) is 11.9. The van der Waals surface area contributed by atoms with Crippen LogP contribution in [0.25, 0.3) is 10.9 Å². The van der Waals surface area contributed by atoms with Gasteiger partial charge in [0, 0.05) is 42.9 Å². The lowest BCUT2D eigenvalue weighted by Crippen LogP contribution is -2.36. The lowest BCUT2D eigenvalue weighted by molar-refractivity contribution is 0.0953. The molecular weight excluding hydrogens is 328 g/mol. The molecule has 2 N–H and O–H groups in total. The fraction of sp³-hybridized carbons (Fsp3) is 0.300. The molecule has 1 amide bonds. The quantitative estimate of drug-likeness (QED) is 0.741. The molecule has 1 aliphatic heterocycles. The summed E-state index contributed by atoms with van der Waals surface area (Å²) < 4.78 is 5.35. The summed E-state index contributed by atoms with van der Waals surface area (Å²) in [5.41, 5.74) is 2.92. The van der Waals surface area contributed by atoms with Crippen molar-refractivity contribution in [2.24, 2.45) is 0 Å². The molecule has 0 aliphatic carbocycles. The van der Waals surface area contributed by atoms with Crippen LogP contribution in [-0.2, 0) is 11.2 Å². The number of aromatic amines is 1. The van der Waals surface area contributed by atoms with Crippen molar-refractivity contribution in [1.82, 2.24) is 15.3 Å². The van der Waals surface area contributed by atoms with Crippen LogP contribution < -0.4 is 10.2 Å². The number of benzene rings is 1. The Kier molecular flexibility index (Phi) is 4.84. The highest BCUT2D eigenvalue weighted by atomic mass is 16.5. The predicted molar refractivity (Wildman–Crippen MR) is 102 cm³/mol. The largest absolute Gasteiger partial charge is 0.378 e. The SMILES string of the molecule is O=C(NCCc1c[nH]c2ccccc12)c1ccc(N2CCOCC2)nc1. The third-order valence-electron chi connectivity index (χ3n) is 4.70. The number of H-pyrrole nitrogens is 1. The number of rotatable bonds is 5. The molecule has 0 radical (unpaired) electrons. The summed E-state index contributed by atoms with van der Waals surface area (Å²) in [4.78, 5) is 22.2. The average molecular weight is 350 g/mol. The Morgan fingerprint density at radius 3 is 2.85 bits per heavy atom. The van der Waals surface area contributed by atoms with Gasteiger partial charge in [-0.3, -0.25) is 4.79 Å². The number of carbonyl (C=O) groups excluding carboxylic acids is 1. The van der Waals surface area contributed by atoms with Gasteiger partial charge in [0.05, 0.1) is 18.8 Å². The van der Waals surface area contributed by atoms with Crippen molar-refractivity contribution in [3.63, 3.8) is 0 Å². The monoisotopic (exact) mass is 350 g/mol. The van der Waals surface area contributed by atoms with Crippen molar-refractivity contribution >= 4 is 22.6 Å². The van der Waals surface area contributed by atoms with Gasteiger partial charge in [0.1, 0.15) is 5.82 Å². The summed E-state index contributed by atoms with van der Waals surface area (Å²) in [7, 11) is 0. The minimum Gasteiger partial charge on any atom is -0.378 e. The highest BCUT2D eigenvalue weighted by Crippen LogP contribution is 2.18. The van der Waals surface area contributed by atoms with E-state index < -0.39 is 0 Å². The highest BCUT2D eigenvalue weighted by molar-refractivity contribution is 5.94. The first-order valence-electron chi connectivity index (χ1n) is 8.93. The van der Waals surface area contributed by atoms with Gasteiger partial charge in [0.25, 0.3) is 5.91 Å². The molecule has 1 saturated heterocycles. The van der Waals surface area contributed by atoms with E-state index in [9.17, 15) is 4.79 Å². The van der Waals surface area contributed by atoms with Crippen molar-refractivity contribution in [1.29, 1.82) is 0 Å². The second kappa shape index (κ2) is 7.58. The zero-order valence-corrected chi connectivity index (χ0v) is 14.6. The third kappa shape index (κ3) is 3.55. The highest BCUT2D eigenvalue weighted by Gasteiger charge is 2.13. The summed E-state index contributed by atoms with van der Waals surface area (Å²) >= 11 is 0. The van der Waals surface area contributed by atoms with Gasteiger partial charge in [-0.25, -0.2) is 4.98 Å². The lowest BCUT2D eigenvalue weighted by Gasteiger charge is -2.27. The van der Waals surface area contributed by atoms with Crippen molar-refractivity contribution in [3.8, 4) is 0 Å². The van der Waals surface area contributed by atoms with Crippen LogP contribution in [0.3, 0.4) is 0 Å². The summed E-state index contributed by atoms with van der Waals surface area (Å²) in [5, 5.41) is 4.18. The number of para-hydroxylation sites is 1. The van der Waals surface area contributed by atoms with Crippen LogP contribution in [0, 0.1) is 0 Å². The molecule has 4 rings (SSSR count).